The van der Waals surface area contributed by atoms with E-state index in [9.17, 15) is 9.59 Å². The van der Waals surface area contributed by atoms with Crippen LogP contribution in [0.4, 0.5) is 0 Å². The van der Waals surface area contributed by atoms with Crippen LogP contribution in [0.3, 0.4) is 0 Å². The molecule has 2 unspecified atom stereocenters. The lowest BCUT2D eigenvalue weighted by Gasteiger charge is -2.29. The fourth-order valence-electron chi connectivity index (χ4n) is 1.48. The van der Waals surface area contributed by atoms with Gasteiger partial charge in [-0.15, -0.1) is 0 Å². The number of carbonyl (C=O) groups is 2. The van der Waals surface area contributed by atoms with Gasteiger partial charge in [0.05, 0.1) is 19.1 Å². The van der Waals surface area contributed by atoms with Crippen molar-refractivity contribution in [2.45, 2.75) is 26.3 Å². The topological polar surface area (TPSA) is 104 Å². The first-order valence-electron chi connectivity index (χ1n) is 5.28. The molecule has 16 heavy (non-hydrogen) atoms. The number of rotatable bonds is 8. The Labute approximate surface area is 95.0 Å². The Morgan fingerprint density at radius 2 is 2.00 bits per heavy atom. The maximum atomic E-state index is 10.8. The molecule has 0 radical (unpaired) electrons. The summed E-state index contributed by atoms with van der Waals surface area (Å²) < 4.78 is 0. The van der Waals surface area contributed by atoms with Crippen molar-refractivity contribution in [1.29, 1.82) is 0 Å². The molecule has 0 aromatic rings. The van der Waals surface area contributed by atoms with Crippen molar-refractivity contribution in [1.82, 2.24) is 4.90 Å². The predicted octanol–water partition coefficient (Wildman–Crippen LogP) is -0.735. The highest BCUT2D eigenvalue weighted by molar-refractivity contribution is 5.76. The van der Waals surface area contributed by atoms with Crippen molar-refractivity contribution >= 4 is 11.9 Å². The molecule has 6 heteroatoms. The number of carboxylic acids is 1. The smallest absolute Gasteiger partial charge is 0.307 e. The first kappa shape index (κ1) is 14.9. The van der Waals surface area contributed by atoms with E-state index in [0.717, 1.165) is 0 Å². The number of nitrogens with zero attached hydrogens (tertiary/aromatic N) is 1. The number of primary amides is 1. The molecule has 1 amide bonds. The number of hydrogen-bond donors (Lipinski definition) is 3. The number of amides is 1. The van der Waals surface area contributed by atoms with E-state index in [-0.39, 0.29) is 25.7 Å². The first-order chi connectivity index (χ1) is 7.42. The van der Waals surface area contributed by atoms with E-state index in [1.807, 2.05) is 6.92 Å². The maximum absolute atomic E-state index is 10.8. The lowest BCUT2D eigenvalue weighted by atomic mass is 10.1. The van der Waals surface area contributed by atoms with Crippen LogP contribution in [-0.4, -0.2) is 52.7 Å². The van der Waals surface area contributed by atoms with Gasteiger partial charge in [0.2, 0.25) is 5.91 Å². The molecule has 0 bridgehead atoms. The van der Waals surface area contributed by atoms with E-state index < -0.39 is 17.8 Å². The van der Waals surface area contributed by atoms with Crippen molar-refractivity contribution in [2.24, 2.45) is 11.7 Å². The molecule has 2 atom stereocenters. The Balaban J connectivity index is 4.52. The summed E-state index contributed by atoms with van der Waals surface area (Å²) in [5, 5.41) is 17.9. The van der Waals surface area contributed by atoms with Gasteiger partial charge in [-0.1, -0.05) is 13.8 Å². The highest BCUT2D eigenvalue weighted by Gasteiger charge is 2.22. The van der Waals surface area contributed by atoms with Gasteiger partial charge in [-0.3, -0.25) is 14.5 Å². The number of aliphatic carboxylic acids is 1. The average molecular weight is 232 g/mol. The number of hydrogen-bond acceptors (Lipinski definition) is 4. The van der Waals surface area contributed by atoms with Crippen LogP contribution in [0, 0.1) is 5.92 Å². The Morgan fingerprint density at radius 1 is 1.44 bits per heavy atom. The first-order valence-corrected chi connectivity index (χ1v) is 5.28. The summed E-state index contributed by atoms with van der Waals surface area (Å²) in [5.41, 5.74) is 5.08. The van der Waals surface area contributed by atoms with Gasteiger partial charge < -0.3 is 15.9 Å². The van der Waals surface area contributed by atoms with E-state index in [4.69, 9.17) is 15.9 Å². The summed E-state index contributed by atoms with van der Waals surface area (Å²) in [6.45, 7) is 3.48. The van der Waals surface area contributed by atoms with Gasteiger partial charge in [-0.05, 0) is 6.42 Å². The van der Waals surface area contributed by atoms with Crippen LogP contribution >= 0.6 is 0 Å². The van der Waals surface area contributed by atoms with Crippen molar-refractivity contribution in [3.05, 3.63) is 0 Å². The van der Waals surface area contributed by atoms with Gasteiger partial charge in [0, 0.05) is 12.6 Å². The molecule has 6 nitrogen and oxygen atoms in total. The summed E-state index contributed by atoms with van der Waals surface area (Å²) in [5.74, 6) is -2.05. The van der Waals surface area contributed by atoms with Crippen molar-refractivity contribution in [3.63, 3.8) is 0 Å². The molecule has 0 aliphatic carbocycles. The molecule has 0 fully saturated rings. The SMILES string of the molecule is CCC(CO)N(CC(N)=O)CC(C)C(=O)O. The van der Waals surface area contributed by atoms with Gasteiger partial charge in [0.25, 0.3) is 0 Å². The van der Waals surface area contributed by atoms with E-state index in [2.05, 4.69) is 0 Å². The highest BCUT2D eigenvalue weighted by Crippen LogP contribution is 2.07. The van der Waals surface area contributed by atoms with Gasteiger partial charge in [0.1, 0.15) is 0 Å². The van der Waals surface area contributed by atoms with E-state index >= 15 is 0 Å². The molecule has 94 valence electrons. The standard InChI is InChI=1S/C10H20N2O4/c1-3-8(6-13)12(5-9(11)14)4-7(2)10(15)16/h7-8,13H,3-6H2,1-2H3,(H2,11,14)(H,15,16). The molecule has 0 heterocycles. The lowest BCUT2D eigenvalue weighted by molar-refractivity contribution is -0.142. The molecule has 4 N–H and O–H groups in total. The molecule has 0 aliphatic heterocycles. The normalized spacial score (nSPS) is 14.8. The molecule has 0 spiro atoms. The second kappa shape index (κ2) is 7.19. The van der Waals surface area contributed by atoms with E-state index in [1.54, 1.807) is 11.8 Å². The Bertz CT molecular complexity index is 241. The molecule has 0 aromatic heterocycles. The van der Waals surface area contributed by atoms with Crippen LogP contribution in [0.15, 0.2) is 0 Å². The fraction of sp³-hybridized carbons (Fsp3) is 0.800. The van der Waals surface area contributed by atoms with Crippen molar-refractivity contribution < 1.29 is 19.8 Å². The zero-order chi connectivity index (χ0) is 12.7. The monoisotopic (exact) mass is 232 g/mol. The zero-order valence-electron chi connectivity index (χ0n) is 9.72. The van der Waals surface area contributed by atoms with Crippen LogP contribution in [0.1, 0.15) is 20.3 Å². The van der Waals surface area contributed by atoms with Crippen molar-refractivity contribution in [2.75, 3.05) is 19.7 Å². The maximum Gasteiger partial charge on any atom is 0.307 e. The molecular formula is C10H20N2O4. The number of carbonyl (C=O) groups excluding carboxylic acids is 1. The lowest BCUT2D eigenvalue weighted by Crippen LogP contribution is -2.46. The minimum Gasteiger partial charge on any atom is -0.481 e. The average Bonchev–Trinajstić information content (AvgIpc) is 2.18. The molecule has 0 rings (SSSR count). The van der Waals surface area contributed by atoms with Crippen LogP contribution in [0.25, 0.3) is 0 Å². The summed E-state index contributed by atoms with van der Waals surface area (Å²) in [4.78, 5) is 23.2. The van der Waals surface area contributed by atoms with Crippen LogP contribution < -0.4 is 5.73 Å². The largest absolute Gasteiger partial charge is 0.481 e. The Hall–Kier alpha value is -1.14. The number of aliphatic hydroxyl groups is 1. The van der Waals surface area contributed by atoms with Crippen molar-refractivity contribution in [3.8, 4) is 0 Å². The molecule has 0 saturated carbocycles. The minimum atomic E-state index is -0.928. The Morgan fingerprint density at radius 3 is 2.31 bits per heavy atom. The zero-order valence-corrected chi connectivity index (χ0v) is 9.72. The quantitative estimate of drug-likeness (QED) is 0.511. The second-order valence-corrected chi connectivity index (χ2v) is 3.88. The summed E-state index contributed by atoms with van der Waals surface area (Å²) in [7, 11) is 0. The Kier molecular flexibility index (Phi) is 6.67. The van der Waals surface area contributed by atoms with Gasteiger partial charge >= 0.3 is 5.97 Å². The molecule has 0 saturated heterocycles. The predicted molar refractivity (Wildman–Crippen MR) is 58.7 cm³/mol. The summed E-state index contributed by atoms with van der Waals surface area (Å²) in [6.07, 6.45) is 0.635. The van der Waals surface area contributed by atoms with Crippen LogP contribution in [0.2, 0.25) is 0 Å². The van der Waals surface area contributed by atoms with Gasteiger partial charge in [-0.2, -0.15) is 0 Å². The third kappa shape index (κ3) is 5.09. The fourth-order valence-corrected chi connectivity index (χ4v) is 1.48. The summed E-state index contributed by atoms with van der Waals surface area (Å²) in [6, 6.07) is -0.228. The highest BCUT2D eigenvalue weighted by atomic mass is 16.4. The third-order valence-corrected chi connectivity index (χ3v) is 2.49. The minimum absolute atomic E-state index is 0.0311. The van der Waals surface area contributed by atoms with Gasteiger partial charge in [-0.25, -0.2) is 0 Å². The summed E-state index contributed by atoms with van der Waals surface area (Å²) >= 11 is 0. The van der Waals surface area contributed by atoms with Gasteiger partial charge in [0.15, 0.2) is 0 Å². The van der Waals surface area contributed by atoms with E-state index in [1.165, 1.54) is 0 Å². The van der Waals surface area contributed by atoms with Crippen LogP contribution in [0.5, 0.6) is 0 Å². The molecular weight excluding hydrogens is 212 g/mol. The van der Waals surface area contributed by atoms with E-state index in [0.29, 0.717) is 6.42 Å². The number of aliphatic hydroxyl groups excluding tert-OH is 1. The number of nitrogens with two attached hydrogens (primary N) is 1. The second-order valence-electron chi connectivity index (χ2n) is 3.88. The molecule has 0 aliphatic rings. The number of carboxylic acid groups (broad SMARTS) is 1. The van der Waals surface area contributed by atoms with Crippen LogP contribution in [-0.2, 0) is 9.59 Å². The molecule has 0 aromatic carbocycles. The third-order valence-electron chi connectivity index (χ3n) is 2.49.